The van der Waals surface area contributed by atoms with E-state index in [4.69, 9.17) is 15.7 Å². The summed E-state index contributed by atoms with van der Waals surface area (Å²) in [6.45, 7) is 5.59. The molecule has 1 fully saturated rings. The molecule has 0 atom stereocenters. The molecular formula is C14H22N4O2. The minimum absolute atomic E-state index is 0.0190. The van der Waals surface area contributed by atoms with Crippen LogP contribution in [0, 0.1) is 6.92 Å². The van der Waals surface area contributed by atoms with Crippen molar-refractivity contribution in [3.8, 4) is 5.88 Å². The van der Waals surface area contributed by atoms with Crippen LogP contribution in [-0.2, 0) is 0 Å². The lowest BCUT2D eigenvalue weighted by Gasteiger charge is -2.26. The van der Waals surface area contributed by atoms with E-state index < -0.39 is 0 Å². The summed E-state index contributed by atoms with van der Waals surface area (Å²) in [7, 11) is 0. The van der Waals surface area contributed by atoms with Gasteiger partial charge in [0.25, 0.3) is 0 Å². The van der Waals surface area contributed by atoms with E-state index in [1.807, 2.05) is 13.0 Å². The van der Waals surface area contributed by atoms with Crippen LogP contribution in [0.2, 0.25) is 0 Å². The normalized spacial score (nSPS) is 17.1. The van der Waals surface area contributed by atoms with Crippen LogP contribution in [0.4, 0.5) is 0 Å². The summed E-state index contributed by atoms with van der Waals surface area (Å²) in [6, 6.07) is 3.57. The van der Waals surface area contributed by atoms with Crippen LogP contribution in [0.25, 0.3) is 0 Å². The molecular weight excluding hydrogens is 256 g/mol. The van der Waals surface area contributed by atoms with Crippen LogP contribution in [0.15, 0.2) is 17.3 Å². The summed E-state index contributed by atoms with van der Waals surface area (Å²) >= 11 is 0. The first-order chi connectivity index (χ1) is 9.70. The molecule has 1 aliphatic rings. The van der Waals surface area contributed by atoms with Gasteiger partial charge in [-0.2, -0.15) is 0 Å². The molecule has 0 amide bonds. The van der Waals surface area contributed by atoms with Gasteiger partial charge in [-0.15, -0.1) is 0 Å². The van der Waals surface area contributed by atoms with Crippen molar-refractivity contribution in [1.29, 1.82) is 0 Å². The maximum Gasteiger partial charge on any atom is 0.224 e. The molecule has 0 radical (unpaired) electrons. The van der Waals surface area contributed by atoms with Crippen LogP contribution >= 0.6 is 0 Å². The van der Waals surface area contributed by atoms with E-state index in [1.54, 1.807) is 6.07 Å². The highest BCUT2D eigenvalue weighted by Crippen LogP contribution is 2.16. The largest absolute Gasteiger partial charge is 0.476 e. The van der Waals surface area contributed by atoms with Crippen molar-refractivity contribution in [1.82, 2.24) is 9.88 Å². The van der Waals surface area contributed by atoms with E-state index in [9.17, 15) is 0 Å². The van der Waals surface area contributed by atoms with Gasteiger partial charge in [-0.05, 0) is 45.0 Å². The average molecular weight is 278 g/mol. The molecule has 2 heterocycles. The molecule has 0 spiro atoms. The summed E-state index contributed by atoms with van der Waals surface area (Å²) < 4.78 is 5.72. The molecule has 0 aromatic carbocycles. The number of aryl methyl sites for hydroxylation is 1. The molecule has 0 unspecified atom stereocenters. The van der Waals surface area contributed by atoms with Crippen molar-refractivity contribution < 1.29 is 9.94 Å². The molecule has 20 heavy (non-hydrogen) atoms. The summed E-state index contributed by atoms with van der Waals surface area (Å²) in [5, 5.41) is 11.8. The fourth-order valence-electron chi connectivity index (χ4n) is 2.35. The predicted molar refractivity (Wildman–Crippen MR) is 77.3 cm³/mol. The number of ether oxygens (including phenoxy) is 1. The highest BCUT2D eigenvalue weighted by Gasteiger charge is 2.13. The molecule has 1 aliphatic heterocycles. The van der Waals surface area contributed by atoms with Crippen LogP contribution < -0.4 is 10.5 Å². The van der Waals surface area contributed by atoms with E-state index in [0.29, 0.717) is 18.1 Å². The Morgan fingerprint density at radius 3 is 2.85 bits per heavy atom. The first-order valence-electron chi connectivity index (χ1n) is 7.01. The standard InChI is InChI=1S/C14H22N4O2/c1-11-5-6-12(13(15)17-19)14(16-11)20-10-9-18-7-3-2-4-8-18/h5-6,19H,2-4,7-10H2,1H3,(H2,15,17). The minimum atomic E-state index is 0.0190. The number of nitrogens with zero attached hydrogens (tertiary/aromatic N) is 3. The number of rotatable bonds is 5. The number of hydrogen-bond donors (Lipinski definition) is 2. The van der Waals surface area contributed by atoms with Crippen molar-refractivity contribution in [2.75, 3.05) is 26.2 Å². The quantitative estimate of drug-likeness (QED) is 0.367. The Labute approximate surface area is 119 Å². The third-order valence-corrected chi connectivity index (χ3v) is 3.48. The molecule has 3 N–H and O–H groups in total. The number of amidine groups is 1. The van der Waals surface area contributed by atoms with E-state index in [1.165, 1.54) is 19.3 Å². The molecule has 2 rings (SSSR count). The number of hydrogen-bond acceptors (Lipinski definition) is 5. The zero-order chi connectivity index (χ0) is 14.4. The van der Waals surface area contributed by atoms with Gasteiger partial charge < -0.3 is 15.7 Å². The van der Waals surface area contributed by atoms with Gasteiger partial charge in [0.05, 0.1) is 5.56 Å². The lowest BCUT2D eigenvalue weighted by molar-refractivity contribution is 0.180. The maximum absolute atomic E-state index is 8.78. The second-order valence-corrected chi connectivity index (χ2v) is 5.04. The van der Waals surface area contributed by atoms with E-state index in [0.717, 1.165) is 25.3 Å². The number of oxime groups is 1. The van der Waals surface area contributed by atoms with E-state index >= 15 is 0 Å². The third-order valence-electron chi connectivity index (χ3n) is 3.48. The van der Waals surface area contributed by atoms with Gasteiger partial charge in [-0.1, -0.05) is 11.6 Å². The van der Waals surface area contributed by atoms with Crippen LogP contribution in [0.3, 0.4) is 0 Å². The molecule has 1 aromatic rings. The number of likely N-dealkylation sites (tertiary alicyclic amines) is 1. The molecule has 0 saturated carbocycles. The van der Waals surface area contributed by atoms with Crippen molar-refractivity contribution in [3.05, 3.63) is 23.4 Å². The number of nitrogens with two attached hydrogens (primary N) is 1. The second-order valence-electron chi connectivity index (χ2n) is 5.04. The first-order valence-corrected chi connectivity index (χ1v) is 7.01. The van der Waals surface area contributed by atoms with Gasteiger partial charge in [-0.25, -0.2) is 4.98 Å². The zero-order valence-electron chi connectivity index (χ0n) is 11.9. The van der Waals surface area contributed by atoms with Crippen LogP contribution in [0.5, 0.6) is 5.88 Å². The molecule has 6 nitrogen and oxygen atoms in total. The average Bonchev–Trinajstić information content (AvgIpc) is 2.48. The summed E-state index contributed by atoms with van der Waals surface area (Å²) in [6.07, 6.45) is 3.85. The highest BCUT2D eigenvalue weighted by molar-refractivity contribution is 5.99. The lowest BCUT2D eigenvalue weighted by Crippen LogP contribution is -2.33. The topological polar surface area (TPSA) is 84.0 Å². The Kier molecular flexibility index (Phi) is 5.17. The Morgan fingerprint density at radius 2 is 2.15 bits per heavy atom. The Balaban J connectivity index is 1.95. The predicted octanol–water partition coefficient (Wildman–Crippen LogP) is 1.35. The van der Waals surface area contributed by atoms with Crippen molar-refractivity contribution in [2.45, 2.75) is 26.2 Å². The van der Waals surface area contributed by atoms with Gasteiger partial charge in [0.15, 0.2) is 5.84 Å². The molecule has 0 bridgehead atoms. The Bertz CT molecular complexity index is 470. The summed E-state index contributed by atoms with van der Waals surface area (Å²) in [5.74, 6) is 0.447. The smallest absolute Gasteiger partial charge is 0.224 e. The zero-order valence-corrected chi connectivity index (χ0v) is 11.9. The van der Waals surface area contributed by atoms with Crippen LogP contribution in [-0.4, -0.2) is 47.2 Å². The van der Waals surface area contributed by atoms with Gasteiger partial charge in [0.1, 0.15) is 6.61 Å². The highest BCUT2D eigenvalue weighted by atomic mass is 16.5. The molecule has 6 heteroatoms. The Hall–Kier alpha value is -1.82. The third kappa shape index (κ3) is 3.84. The second kappa shape index (κ2) is 7.09. The van der Waals surface area contributed by atoms with Crippen LogP contribution in [0.1, 0.15) is 30.5 Å². The maximum atomic E-state index is 8.78. The van der Waals surface area contributed by atoms with Gasteiger partial charge in [0.2, 0.25) is 5.88 Å². The first kappa shape index (κ1) is 14.6. The monoisotopic (exact) mass is 278 g/mol. The minimum Gasteiger partial charge on any atom is -0.476 e. The summed E-state index contributed by atoms with van der Waals surface area (Å²) in [4.78, 5) is 6.70. The summed E-state index contributed by atoms with van der Waals surface area (Å²) in [5.41, 5.74) is 6.99. The fourth-order valence-corrected chi connectivity index (χ4v) is 2.35. The molecule has 110 valence electrons. The lowest BCUT2D eigenvalue weighted by atomic mass is 10.1. The van der Waals surface area contributed by atoms with Gasteiger partial charge in [0, 0.05) is 12.2 Å². The molecule has 1 aromatic heterocycles. The van der Waals surface area contributed by atoms with Gasteiger partial charge >= 0.3 is 0 Å². The van der Waals surface area contributed by atoms with E-state index in [-0.39, 0.29) is 5.84 Å². The number of aromatic nitrogens is 1. The molecule has 0 aliphatic carbocycles. The number of pyridine rings is 1. The SMILES string of the molecule is Cc1ccc(C(N)=NO)c(OCCN2CCCCC2)n1. The van der Waals surface area contributed by atoms with E-state index in [2.05, 4.69) is 15.0 Å². The number of piperidine rings is 1. The van der Waals surface area contributed by atoms with Crippen molar-refractivity contribution in [3.63, 3.8) is 0 Å². The van der Waals surface area contributed by atoms with Crippen molar-refractivity contribution in [2.24, 2.45) is 10.9 Å². The van der Waals surface area contributed by atoms with Crippen molar-refractivity contribution >= 4 is 5.84 Å². The Morgan fingerprint density at radius 1 is 1.40 bits per heavy atom. The fraction of sp³-hybridized carbons (Fsp3) is 0.571. The van der Waals surface area contributed by atoms with Gasteiger partial charge in [-0.3, -0.25) is 4.90 Å². The molecule has 1 saturated heterocycles.